The number of nitrogens with two attached hydrogens (primary N) is 1. The third-order valence-electron chi connectivity index (χ3n) is 1.62. The van der Waals surface area contributed by atoms with E-state index in [9.17, 15) is 0 Å². The minimum Gasteiger partial charge on any atom is -0.382 e. The first-order valence-electron chi connectivity index (χ1n) is 3.95. The van der Waals surface area contributed by atoms with Crippen molar-refractivity contribution in [2.75, 3.05) is 5.73 Å². The van der Waals surface area contributed by atoms with Gasteiger partial charge in [-0.2, -0.15) is 0 Å². The fraction of sp³-hybridized carbons (Fsp3) is 0.625. The van der Waals surface area contributed by atoms with Crippen LogP contribution in [-0.4, -0.2) is 9.55 Å². The van der Waals surface area contributed by atoms with Gasteiger partial charge in [0.2, 0.25) is 0 Å². The lowest BCUT2D eigenvalue weighted by Crippen LogP contribution is -1.98. The van der Waals surface area contributed by atoms with Gasteiger partial charge >= 0.3 is 0 Å². The molecule has 0 amide bonds. The number of hydrogen-bond donors (Lipinski definition) is 1. The standard InChI is InChI=1S/C8H15N3/c1-7(2)3-4-11-5-8(9)10-6-11/h5-7H,3-4,9H2,1-2H3. The minimum absolute atomic E-state index is 0.605. The summed E-state index contributed by atoms with van der Waals surface area (Å²) in [6.45, 7) is 5.43. The molecule has 1 heterocycles. The Morgan fingerprint density at radius 1 is 1.64 bits per heavy atom. The quantitative estimate of drug-likeness (QED) is 0.715. The summed E-state index contributed by atoms with van der Waals surface area (Å²) in [5.74, 6) is 1.34. The van der Waals surface area contributed by atoms with Gasteiger partial charge in [0.05, 0.1) is 6.33 Å². The Bertz CT molecular complexity index is 215. The van der Waals surface area contributed by atoms with E-state index in [0.29, 0.717) is 5.82 Å². The largest absolute Gasteiger partial charge is 0.382 e. The lowest BCUT2D eigenvalue weighted by molar-refractivity contribution is 0.516. The Morgan fingerprint density at radius 2 is 2.36 bits per heavy atom. The van der Waals surface area contributed by atoms with Crippen molar-refractivity contribution in [2.45, 2.75) is 26.8 Å². The third kappa shape index (κ3) is 2.62. The fourth-order valence-corrected chi connectivity index (χ4v) is 0.907. The van der Waals surface area contributed by atoms with E-state index in [1.807, 2.05) is 10.8 Å². The maximum absolute atomic E-state index is 5.45. The lowest BCUT2D eigenvalue weighted by atomic mass is 10.1. The van der Waals surface area contributed by atoms with Gasteiger partial charge in [0.25, 0.3) is 0 Å². The highest BCUT2D eigenvalue weighted by Gasteiger charge is 1.96. The zero-order chi connectivity index (χ0) is 8.27. The summed E-state index contributed by atoms with van der Waals surface area (Å²) in [5.41, 5.74) is 5.45. The molecule has 0 bridgehead atoms. The van der Waals surface area contributed by atoms with E-state index in [1.54, 1.807) is 6.33 Å². The summed E-state index contributed by atoms with van der Waals surface area (Å²) in [7, 11) is 0. The molecule has 11 heavy (non-hydrogen) atoms. The van der Waals surface area contributed by atoms with Crippen LogP contribution in [0.25, 0.3) is 0 Å². The zero-order valence-electron chi connectivity index (χ0n) is 7.12. The van der Waals surface area contributed by atoms with Crippen LogP contribution in [0.1, 0.15) is 20.3 Å². The van der Waals surface area contributed by atoms with E-state index >= 15 is 0 Å². The molecule has 1 rings (SSSR count). The van der Waals surface area contributed by atoms with Gasteiger partial charge in [-0.15, -0.1) is 0 Å². The molecule has 0 atom stereocenters. The Kier molecular flexibility index (Phi) is 2.52. The molecule has 0 fully saturated rings. The molecule has 62 valence electrons. The summed E-state index contributed by atoms with van der Waals surface area (Å²) >= 11 is 0. The molecule has 0 aromatic carbocycles. The van der Waals surface area contributed by atoms with Gasteiger partial charge in [0.1, 0.15) is 5.82 Å². The maximum atomic E-state index is 5.45. The molecule has 0 aliphatic rings. The number of rotatable bonds is 3. The number of anilines is 1. The average molecular weight is 153 g/mol. The Hall–Kier alpha value is -0.990. The predicted octanol–water partition coefficient (Wildman–Crippen LogP) is 1.51. The van der Waals surface area contributed by atoms with E-state index < -0.39 is 0 Å². The normalized spacial score (nSPS) is 10.8. The minimum atomic E-state index is 0.605. The van der Waals surface area contributed by atoms with Crippen molar-refractivity contribution < 1.29 is 0 Å². The second-order valence-corrected chi connectivity index (χ2v) is 3.22. The first kappa shape index (κ1) is 8.11. The van der Waals surface area contributed by atoms with Gasteiger partial charge < -0.3 is 10.3 Å². The molecule has 0 unspecified atom stereocenters. The highest BCUT2D eigenvalue weighted by molar-refractivity contribution is 5.22. The van der Waals surface area contributed by atoms with Gasteiger partial charge in [0.15, 0.2) is 0 Å². The summed E-state index contributed by atoms with van der Waals surface area (Å²) in [6, 6.07) is 0. The third-order valence-corrected chi connectivity index (χ3v) is 1.62. The van der Waals surface area contributed by atoms with E-state index in [0.717, 1.165) is 12.5 Å². The Balaban J connectivity index is 2.39. The smallest absolute Gasteiger partial charge is 0.141 e. The number of nitrogen functional groups attached to an aromatic ring is 1. The topological polar surface area (TPSA) is 43.8 Å². The van der Waals surface area contributed by atoms with Gasteiger partial charge in [-0.1, -0.05) is 13.8 Å². The van der Waals surface area contributed by atoms with Gasteiger partial charge in [-0.25, -0.2) is 4.98 Å². The molecule has 0 aliphatic heterocycles. The van der Waals surface area contributed by atoms with E-state index in [2.05, 4.69) is 18.8 Å². The summed E-state index contributed by atoms with van der Waals surface area (Å²) in [4.78, 5) is 3.94. The van der Waals surface area contributed by atoms with E-state index in [-0.39, 0.29) is 0 Å². The molecule has 0 saturated heterocycles. The van der Waals surface area contributed by atoms with Crippen molar-refractivity contribution in [3.63, 3.8) is 0 Å². The molecule has 3 heteroatoms. The van der Waals surface area contributed by atoms with Crippen LogP contribution >= 0.6 is 0 Å². The SMILES string of the molecule is CC(C)CCn1cnc(N)c1. The summed E-state index contributed by atoms with van der Waals surface area (Å²) < 4.78 is 2.02. The molecule has 2 N–H and O–H groups in total. The van der Waals surface area contributed by atoms with Crippen molar-refractivity contribution >= 4 is 5.82 Å². The van der Waals surface area contributed by atoms with Crippen molar-refractivity contribution in [3.8, 4) is 0 Å². The molecule has 0 spiro atoms. The molecular formula is C8H15N3. The first-order chi connectivity index (χ1) is 5.18. The molecule has 1 aromatic heterocycles. The summed E-state index contributed by atoms with van der Waals surface area (Å²) in [6.07, 6.45) is 4.82. The van der Waals surface area contributed by atoms with Crippen LogP contribution in [0.4, 0.5) is 5.82 Å². The number of aromatic nitrogens is 2. The van der Waals surface area contributed by atoms with Crippen LogP contribution in [0.3, 0.4) is 0 Å². The van der Waals surface area contributed by atoms with Gasteiger partial charge in [-0.3, -0.25) is 0 Å². The van der Waals surface area contributed by atoms with Crippen LogP contribution in [0, 0.1) is 5.92 Å². The second-order valence-electron chi connectivity index (χ2n) is 3.22. The lowest BCUT2D eigenvalue weighted by Gasteiger charge is -2.03. The molecule has 0 saturated carbocycles. The van der Waals surface area contributed by atoms with E-state index in [1.165, 1.54) is 6.42 Å². The molecule has 0 radical (unpaired) electrons. The van der Waals surface area contributed by atoms with Crippen molar-refractivity contribution in [2.24, 2.45) is 5.92 Å². The van der Waals surface area contributed by atoms with Crippen LogP contribution in [0.5, 0.6) is 0 Å². The average Bonchev–Trinajstić information content (AvgIpc) is 2.31. The Labute approximate surface area is 67.2 Å². The van der Waals surface area contributed by atoms with Crippen LogP contribution in [0.2, 0.25) is 0 Å². The first-order valence-corrected chi connectivity index (χ1v) is 3.95. The van der Waals surface area contributed by atoms with Crippen molar-refractivity contribution in [1.29, 1.82) is 0 Å². The van der Waals surface area contributed by atoms with E-state index in [4.69, 9.17) is 5.73 Å². The van der Waals surface area contributed by atoms with Crippen LogP contribution < -0.4 is 5.73 Å². The Morgan fingerprint density at radius 3 is 2.82 bits per heavy atom. The zero-order valence-corrected chi connectivity index (χ0v) is 7.12. The molecule has 3 nitrogen and oxygen atoms in total. The summed E-state index contributed by atoms with van der Waals surface area (Å²) in [5, 5.41) is 0. The fourth-order valence-electron chi connectivity index (χ4n) is 0.907. The molecular weight excluding hydrogens is 138 g/mol. The van der Waals surface area contributed by atoms with Crippen LogP contribution in [-0.2, 0) is 6.54 Å². The monoisotopic (exact) mass is 153 g/mol. The van der Waals surface area contributed by atoms with Gasteiger partial charge in [0, 0.05) is 12.7 Å². The highest BCUT2D eigenvalue weighted by Crippen LogP contribution is 2.03. The predicted molar refractivity (Wildman–Crippen MR) is 46.1 cm³/mol. The maximum Gasteiger partial charge on any atom is 0.141 e. The number of hydrogen-bond acceptors (Lipinski definition) is 2. The van der Waals surface area contributed by atoms with Crippen LogP contribution in [0.15, 0.2) is 12.5 Å². The number of nitrogens with zero attached hydrogens (tertiary/aromatic N) is 2. The van der Waals surface area contributed by atoms with Crippen molar-refractivity contribution in [3.05, 3.63) is 12.5 Å². The highest BCUT2D eigenvalue weighted by atomic mass is 15.1. The second kappa shape index (κ2) is 3.42. The molecule has 0 aliphatic carbocycles. The molecule has 1 aromatic rings. The number of imidazole rings is 1. The number of aryl methyl sites for hydroxylation is 1. The van der Waals surface area contributed by atoms with Gasteiger partial charge in [-0.05, 0) is 12.3 Å². The van der Waals surface area contributed by atoms with Crippen molar-refractivity contribution in [1.82, 2.24) is 9.55 Å².